The standard InChI is InChI=1S/C22H28N2O4/c1-15-9-17(10-16(2)22(15)26-4)12-24(3)13-21(25)23-11-18-14-27-19-7-5-6-8-20(19)28-18/h5-10,18H,11-14H2,1-4H3,(H,23,25). The van der Waals surface area contributed by atoms with Crippen LogP contribution in [0.2, 0.25) is 0 Å². The van der Waals surface area contributed by atoms with Gasteiger partial charge in [-0.15, -0.1) is 0 Å². The Bertz CT molecular complexity index is 814. The first-order valence-electron chi connectivity index (χ1n) is 9.44. The van der Waals surface area contributed by atoms with Crippen molar-refractivity contribution in [1.29, 1.82) is 0 Å². The van der Waals surface area contributed by atoms with E-state index in [0.29, 0.717) is 26.2 Å². The van der Waals surface area contributed by atoms with Crippen LogP contribution in [0.1, 0.15) is 16.7 Å². The number of carbonyl (C=O) groups excluding carboxylic acids is 1. The topological polar surface area (TPSA) is 60.0 Å². The monoisotopic (exact) mass is 384 g/mol. The molecule has 1 amide bonds. The van der Waals surface area contributed by atoms with Gasteiger partial charge in [0.15, 0.2) is 11.5 Å². The zero-order valence-electron chi connectivity index (χ0n) is 17.0. The number of carbonyl (C=O) groups is 1. The molecule has 0 aromatic heterocycles. The summed E-state index contributed by atoms with van der Waals surface area (Å²) in [7, 11) is 3.62. The summed E-state index contributed by atoms with van der Waals surface area (Å²) in [5, 5.41) is 2.94. The van der Waals surface area contributed by atoms with Gasteiger partial charge in [0.25, 0.3) is 0 Å². The van der Waals surface area contributed by atoms with Crippen molar-refractivity contribution in [3.63, 3.8) is 0 Å². The van der Waals surface area contributed by atoms with Gasteiger partial charge >= 0.3 is 0 Å². The average molecular weight is 384 g/mol. The van der Waals surface area contributed by atoms with Crippen molar-refractivity contribution in [2.75, 3.05) is 33.9 Å². The van der Waals surface area contributed by atoms with E-state index >= 15 is 0 Å². The molecular formula is C22H28N2O4. The third-order valence-electron chi connectivity index (χ3n) is 4.68. The molecule has 0 saturated carbocycles. The molecule has 0 saturated heterocycles. The summed E-state index contributed by atoms with van der Waals surface area (Å²) < 4.78 is 17.0. The fraction of sp³-hybridized carbons (Fsp3) is 0.409. The average Bonchev–Trinajstić information content (AvgIpc) is 2.66. The van der Waals surface area contributed by atoms with Gasteiger partial charge in [-0.25, -0.2) is 0 Å². The highest BCUT2D eigenvalue weighted by atomic mass is 16.6. The van der Waals surface area contributed by atoms with Crippen LogP contribution in [0.25, 0.3) is 0 Å². The second-order valence-electron chi connectivity index (χ2n) is 7.24. The summed E-state index contributed by atoms with van der Waals surface area (Å²) in [4.78, 5) is 14.3. The molecule has 2 aromatic carbocycles. The molecule has 150 valence electrons. The number of methoxy groups -OCH3 is 1. The van der Waals surface area contributed by atoms with Crippen LogP contribution in [-0.4, -0.2) is 50.8 Å². The molecule has 0 fully saturated rings. The maximum Gasteiger partial charge on any atom is 0.234 e. The lowest BCUT2D eigenvalue weighted by Crippen LogP contribution is -2.43. The van der Waals surface area contributed by atoms with E-state index in [1.54, 1.807) is 7.11 Å². The number of hydrogen-bond acceptors (Lipinski definition) is 5. The predicted octanol–water partition coefficient (Wildman–Crippen LogP) is 2.70. The van der Waals surface area contributed by atoms with Crippen LogP contribution >= 0.6 is 0 Å². The van der Waals surface area contributed by atoms with Crippen LogP contribution in [0.5, 0.6) is 17.2 Å². The molecular weight excluding hydrogens is 356 g/mol. The van der Waals surface area contributed by atoms with Crippen molar-refractivity contribution in [2.45, 2.75) is 26.5 Å². The number of fused-ring (bicyclic) bond motifs is 1. The maximum atomic E-state index is 12.3. The van der Waals surface area contributed by atoms with Crippen molar-refractivity contribution in [1.82, 2.24) is 10.2 Å². The first kappa shape index (κ1) is 20.0. The quantitative estimate of drug-likeness (QED) is 0.795. The summed E-state index contributed by atoms with van der Waals surface area (Å²) in [6.07, 6.45) is -0.184. The Morgan fingerprint density at radius 3 is 2.57 bits per heavy atom. The summed E-state index contributed by atoms with van der Waals surface area (Å²) in [6.45, 7) is 5.92. The maximum absolute atomic E-state index is 12.3. The zero-order valence-corrected chi connectivity index (χ0v) is 17.0. The Hall–Kier alpha value is -2.73. The summed E-state index contributed by atoms with van der Waals surface area (Å²) in [5.74, 6) is 2.34. The van der Waals surface area contributed by atoms with Gasteiger partial charge in [0.05, 0.1) is 20.2 Å². The third-order valence-corrected chi connectivity index (χ3v) is 4.68. The van der Waals surface area contributed by atoms with Gasteiger partial charge in [-0.05, 0) is 49.7 Å². The van der Waals surface area contributed by atoms with Crippen molar-refractivity contribution in [3.8, 4) is 17.2 Å². The van der Waals surface area contributed by atoms with Gasteiger partial charge in [0.1, 0.15) is 18.5 Å². The van der Waals surface area contributed by atoms with E-state index in [4.69, 9.17) is 14.2 Å². The van der Waals surface area contributed by atoms with Crippen molar-refractivity contribution in [2.24, 2.45) is 0 Å². The molecule has 1 atom stereocenters. The summed E-state index contributed by atoms with van der Waals surface area (Å²) in [5.41, 5.74) is 3.36. The van der Waals surface area contributed by atoms with Gasteiger partial charge < -0.3 is 19.5 Å². The fourth-order valence-electron chi connectivity index (χ4n) is 3.51. The molecule has 2 aromatic rings. The second-order valence-corrected chi connectivity index (χ2v) is 7.24. The van der Waals surface area contributed by atoms with Crippen molar-refractivity contribution >= 4 is 5.91 Å². The first-order chi connectivity index (χ1) is 13.5. The molecule has 1 heterocycles. The number of nitrogens with one attached hydrogen (secondary N) is 1. The molecule has 0 aliphatic carbocycles. The number of nitrogens with zero attached hydrogens (tertiary/aromatic N) is 1. The Kier molecular flexibility index (Phi) is 6.41. The summed E-state index contributed by atoms with van der Waals surface area (Å²) in [6, 6.07) is 11.8. The van der Waals surface area contributed by atoms with Crippen LogP contribution < -0.4 is 19.5 Å². The van der Waals surface area contributed by atoms with E-state index in [1.165, 1.54) is 0 Å². The lowest BCUT2D eigenvalue weighted by Gasteiger charge is -2.26. The van der Waals surface area contributed by atoms with E-state index in [9.17, 15) is 4.79 Å². The molecule has 1 N–H and O–H groups in total. The van der Waals surface area contributed by atoms with Crippen molar-refractivity contribution < 1.29 is 19.0 Å². The lowest BCUT2D eigenvalue weighted by atomic mass is 10.1. The normalized spacial score (nSPS) is 15.4. The van der Waals surface area contributed by atoms with Crippen molar-refractivity contribution in [3.05, 3.63) is 53.1 Å². The van der Waals surface area contributed by atoms with Crippen LogP contribution in [0.15, 0.2) is 36.4 Å². The Labute approximate surface area is 166 Å². The number of aryl methyl sites for hydroxylation is 2. The number of hydrogen-bond donors (Lipinski definition) is 1. The molecule has 0 radical (unpaired) electrons. The van der Waals surface area contributed by atoms with Crippen LogP contribution in [-0.2, 0) is 11.3 Å². The number of amides is 1. The Morgan fingerprint density at radius 2 is 1.89 bits per heavy atom. The van der Waals surface area contributed by atoms with Gasteiger partial charge in [-0.2, -0.15) is 0 Å². The molecule has 6 nitrogen and oxygen atoms in total. The molecule has 6 heteroatoms. The van der Waals surface area contributed by atoms with E-state index in [0.717, 1.165) is 33.9 Å². The predicted molar refractivity (Wildman–Crippen MR) is 108 cm³/mol. The number of likely N-dealkylation sites (N-methyl/N-ethyl adjacent to an activating group) is 1. The van der Waals surface area contributed by atoms with Gasteiger partial charge in [0.2, 0.25) is 5.91 Å². The number of rotatable bonds is 7. The largest absolute Gasteiger partial charge is 0.496 e. The SMILES string of the molecule is COc1c(C)cc(CN(C)CC(=O)NCC2COc3ccccc3O2)cc1C. The number of para-hydroxylation sites is 2. The second kappa shape index (κ2) is 8.97. The van der Waals surface area contributed by atoms with E-state index in [2.05, 4.69) is 17.4 Å². The lowest BCUT2D eigenvalue weighted by molar-refractivity contribution is -0.122. The van der Waals surface area contributed by atoms with Gasteiger partial charge in [0, 0.05) is 6.54 Å². The van der Waals surface area contributed by atoms with Crippen LogP contribution in [0, 0.1) is 13.8 Å². The highest BCUT2D eigenvalue weighted by Crippen LogP contribution is 2.30. The van der Waals surface area contributed by atoms with Crippen LogP contribution in [0.3, 0.4) is 0 Å². The van der Waals surface area contributed by atoms with E-state index in [1.807, 2.05) is 50.1 Å². The molecule has 0 bridgehead atoms. The minimum Gasteiger partial charge on any atom is -0.496 e. The Morgan fingerprint density at radius 1 is 1.21 bits per heavy atom. The minimum absolute atomic E-state index is 0.0353. The Balaban J connectivity index is 1.46. The molecule has 1 aliphatic heterocycles. The van der Waals surface area contributed by atoms with Gasteiger partial charge in [-0.3, -0.25) is 9.69 Å². The molecule has 3 rings (SSSR count). The molecule has 0 spiro atoms. The smallest absolute Gasteiger partial charge is 0.234 e. The molecule has 1 unspecified atom stereocenters. The third kappa shape index (κ3) is 4.95. The minimum atomic E-state index is -0.184. The zero-order chi connectivity index (χ0) is 20.1. The van der Waals surface area contributed by atoms with E-state index in [-0.39, 0.29) is 12.0 Å². The fourth-order valence-corrected chi connectivity index (χ4v) is 3.51. The highest BCUT2D eigenvalue weighted by Gasteiger charge is 2.21. The first-order valence-corrected chi connectivity index (χ1v) is 9.44. The number of benzene rings is 2. The van der Waals surface area contributed by atoms with Crippen LogP contribution in [0.4, 0.5) is 0 Å². The highest BCUT2D eigenvalue weighted by molar-refractivity contribution is 5.78. The van der Waals surface area contributed by atoms with Gasteiger partial charge in [-0.1, -0.05) is 24.3 Å². The molecule has 28 heavy (non-hydrogen) atoms. The number of ether oxygens (including phenoxy) is 3. The molecule has 1 aliphatic rings. The van der Waals surface area contributed by atoms with E-state index < -0.39 is 0 Å². The summed E-state index contributed by atoms with van der Waals surface area (Å²) >= 11 is 0.